The number of halogens is 2. The van der Waals surface area contributed by atoms with E-state index in [0.29, 0.717) is 17.7 Å². The average molecular weight is 447 g/mol. The van der Waals surface area contributed by atoms with Crippen LogP contribution in [0.3, 0.4) is 0 Å². The molecule has 160 valence electrons. The summed E-state index contributed by atoms with van der Waals surface area (Å²) in [6, 6.07) is 11.5. The van der Waals surface area contributed by atoms with Crippen LogP contribution in [0.4, 0.5) is 25.8 Å². The summed E-state index contributed by atoms with van der Waals surface area (Å²) >= 11 is 0. The molecule has 0 unspecified atom stereocenters. The van der Waals surface area contributed by atoms with Gasteiger partial charge in [-0.1, -0.05) is 6.07 Å². The third kappa shape index (κ3) is 5.01. The number of carbonyl (C=O) groups excluding carboxylic acids is 1. The first kappa shape index (κ1) is 21.8. The third-order valence-electron chi connectivity index (χ3n) is 4.28. The maximum Gasteiger partial charge on any atom is 0.271 e. The summed E-state index contributed by atoms with van der Waals surface area (Å²) in [7, 11) is -4.17. The molecule has 0 aromatic heterocycles. The van der Waals surface area contributed by atoms with Crippen molar-refractivity contribution >= 4 is 33.0 Å². The molecule has 0 saturated carbocycles. The highest BCUT2D eigenvalue weighted by Crippen LogP contribution is 2.23. The van der Waals surface area contributed by atoms with Crippen molar-refractivity contribution in [3.8, 4) is 0 Å². The van der Waals surface area contributed by atoms with Crippen molar-refractivity contribution in [1.29, 1.82) is 0 Å². The summed E-state index contributed by atoms with van der Waals surface area (Å²) in [5, 5.41) is 13.5. The number of carbonyl (C=O) groups is 1. The van der Waals surface area contributed by atoms with Gasteiger partial charge in [0.1, 0.15) is 0 Å². The number of hydrogen-bond acceptors (Lipinski definition) is 5. The first-order valence-electron chi connectivity index (χ1n) is 8.71. The fourth-order valence-electron chi connectivity index (χ4n) is 2.60. The normalized spacial score (nSPS) is 11.1. The Morgan fingerprint density at radius 3 is 2.26 bits per heavy atom. The number of nitro groups is 1. The second-order valence-electron chi connectivity index (χ2n) is 6.47. The molecule has 0 spiro atoms. The van der Waals surface area contributed by atoms with E-state index in [9.17, 15) is 32.1 Å². The molecule has 0 bridgehead atoms. The van der Waals surface area contributed by atoms with Crippen LogP contribution in [0.25, 0.3) is 0 Å². The van der Waals surface area contributed by atoms with Crippen LogP contribution >= 0.6 is 0 Å². The van der Waals surface area contributed by atoms with Crippen LogP contribution in [0, 0.1) is 28.7 Å². The highest BCUT2D eigenvalue weighted by atomic mass is 32.2. The molecule has 0 radical (unpaired) electrons. The van der Waals surface area contributed by atoms with E-state index in [2.05, 4.69) is 10.0 Å². The Kier molecular flexibility index (Phi) is 5.97. The molecule has 2 N–H and O–H groups in total. The second kappa shape index (κ2) is 8.48. The van der Waals surface area contributed by atoms with Crippen LogP contribution in [-0.4, -0.2) is 19.2 Å². The van der Waals surface area contributed by atoms with Crippen LogP contribution in [0.5, 0.6) is 0 Å². The zero-order valence-electron chi connectivity index (χ0n) is 15.9. The molecule has 3 aromatic rings. The van der Waals surface area contributed by atoms with Crippen molar-refractivity contribution < 1.29 is 26.9 Å². The summed E-state index contributed by atoms with van der Waals surface area (Å²) in [4.78, 5) is 22.3. The van der Waals surface area contributed by atoms with E-state index < -0.39 is 37.4 Å². The number of hydrogen-bond donors (Lipinski definition) is 2. The van der Waals surface area contributed by atoms with Crippen LogP contribution in [-0.2, 0) is 10.0 Å². The van der Waals surface area contributed by atoms with Crippen LogP contribution in [0.2, 0.25) is 0 Å². The van der Waals surface area contributed by atoms with Gasteiger partial charge < -0.3 is 5.32 Å². The maximum absolute atomic E-state index is 13.3. The summed E-state index contributed by atoms with van der Waals surface area (Å²) in [6.45, 7) is 1.68. The molecular weight excluding hydrogens is 432 g/mol. The fourth-order valence-corrected chi connectivity index (χ4v) is 3.67. The van der Waals surface area contributed by atoms with E-state index in [0.717, 1.165) is 6.07 Å². The zero-order valence-corrected chi connectivity index (χ0v) is 16.7. The first-order valence-corrected chi connectivity index (χ1v) is 10.2. The van der Waals surface area contributed by atoms with Crippen molar-refractivity contribution in [2.45, 2.75) is 11.8 Å². The second-order valence-corrected chi connectivity index (χ2v) is 8.15. The lowest BCUT2D eigenvalue weighted by molar-refractivity contribution is -0.384. The Balaban J connectivity index is 1.75. The average Bonchev–Trinajstić information content (AvgIpc) is 2.71. The molecule has 0 aliphatic rings. The Bertz CT molecular complexity index is 1280. The quantitative estimate of drug-likeness (QED) is 0.433. The maximum atomic E-state index is 13.3. The molecule has 0 atom stereocenters. The lowest BCUT2D eigenvalue weighted by Gasteiger charge is -2.10. The first-order chi connectivity index (χ1) is 14.6. The Hall–Kier alpha value is -3.86. The molecule has 11 heteroatoms. The van der Waals surface area contributed by atoms with E-state index in [1.807, 2.05) is 0 Å². The number of nitro benzene ring substituents is 1. The fraction of sp³-hybridized carbons (Fsp3) is 0.0500. The number of benzene rings is 3. The Labute approximate surface area is 175 Å². The largest absolute Gasteiger partial charge is 0.321 e. The van der Waals surface area contributed by atoms with Gasteiger partial charge in [0.05, 0.1) is 15.5 Å². The molecule has 31 heavy (non-hydrogen) atoms. The molecule has 0 heterocycles. The molecular formula is C20H15F2N3O5S. The molecule has 0 saturated heterocycles. The van der Waals surface area contributed by atoms with Gasteiger partial charge in [-0.25, -0.2) is 17.2 Å². The van der Waals surface area contributed by atoms with E-state index in [4.69, 9.17) is 0 Å². The van der Waals surface area contributed by atoms with E-state index >= 15 is 0 Å². The van der Waals surface area contributed by atoms with Crippen molar-refractivity contribution in [1.82, 2.24) is 0 Å². The van der Waals surface area contributed by atoms with E-state index in [1.54, 1.807) is 6.92 Å². The SMILES string of the molecule is Cc1ccc([N+](=O)[O-])cc1NC(=O)c1ccc(NS(=O)(=O)c2ccc(F)c(F)c2)cc1. The smallest absolute Gasteiger partial charge is 0.271 e. The number of non-ortho nitro benzene ring substituents is 1. The minimum atomic E-state index is -4.17. The van der Waals surface area contributed by atoms with Gasteiger partial charge in [0.15, 0.2) is 11.6 Å². The molecule has 8 nitrogen and oxygen atoms in total. The Morgan fingerprint density at radius 1 is 0.968 bits per heavy atom. The predicted octanol–water partition coefficient (Wildman–Crippen LogP) is 4.23. The van der Waals surface area contributed by atoms with Crippen molar-refractivity contribution in [2.24, 2.45) is 0 Å². The molecule has 3 aromatic carbocycles. The van der Waals surface area contributed by atoms with Crippen molar-refractivity contribution in [3.05, 3.63) is 93.5 Å². The monoisotopic (exact) mass is 447 g/mol. The third-order valence-corrected chi connectivity index (χ3v) is 5.66. The van der Waals surface area contributed by atoms with Crippen molar-refractivity contribution in [3.63, 3.8) is 0 Å². The Morgan fingerprint density at radius 2 is 1.65 bits per heavy atom. The number of nitrogens with one attached hydrogen (secondary N) is 2. The summed E-state index contributed by atoms with van der Waals surface area (Å²) in [6.07, 6.45) is 0. The lowest BCUT2D eigenvalue weighted by Crippen LogP contribution is -2.15. The van der Waals surface area contributed by atoms with Gasteiger partial charge in [-0.2, -0.15) is 0 Å². The van der Waals surface area contributed by atoms with Gasteiger partial charge in [-0.05, 0) is 55.0 Å². The number of aryl methyl sites for hydroxylation is 1. The minimum absolute atomic E-state index is 0.0906. The van der Waals surface area contributed by atoms with Gasteiger partial charge in [-0.15, -0.1) is 0 Å². The number of rotatable bonds is 6. The molecule has 0 aliphatic carbocycles. The molecule has 0 aliphatic heterocycles. The van der Waals surface area contributed by atoms with Gasteiger partial charge in [0.25, 0.3) is 21.6 Å². The predicted molar refractivity (Wildman–Crippen MR) is 109 cm³/mol. The number of nitrogens with zero attached hydrogens (tertiary/aromatic N) is 1. The standard InChI is InChI=1S/C20H15F2N3O5S/c1-12-2-7-15(25(27)28)10-19(12)23-20(26)13-3-5-14(6-4-13)24-31(29,30)16-8-9-17(21)18(22)11-16/h2-11,24H,1H3,(H,23,26). The van der Waals surface area contributed by atoms with Gasteiger partial charge in [0.2, 0.25) is 0 Å². The number of anilines is 2. The lowest BCUT2D eigenvalue weighted by atomic mass is 10.1. The van der Waals surface area contributed by atoms with Gasteiger partial charge in [0, 0.05) is 23.4 Å². The zero-order chi connectivity index (χ0) is 22.8. The van der Waals surface area contributed by atoms with Gasteiger partial charge >= 0.3 is 0 Å². The minimum Gasteiger partial charge on any atom is -0.321 e. The van der Waals surface area contributed by atoms with Crippen LogP contribution in [0.1, 0.15) is 15.9 Å². The summed E-state index contributed by atoms with van der Waals surface area (Å²) in [5.41, 5.74) is 0.967. The van der Waals surface area contributed by atoms with Crippen molar-refractivity contribution in [2.75, 3.05) is 10.0 Å². The van der Waals surface area contributed by atoms with Crippen LogP contribution in [0.15, 0.2) is 65.6 Å². The summed E-state index contributed by atoms with van der Waals surface area (Å²) in [5.74, 6) is -3.03. The van der Waals surface area contributed by atoms with E-state index in [-0.39, 0.29) is 22.6 Å². The van der Waals surface area contributed by atoms with E-state index in [1.165, 1.54) is 42.5 Å². The molecule has 3 rings (SSSR count). The number of amides is 1. The summed E-state index contributed by atoms with van der Waals surface area (Å²) < 4.78 is 53.2. The molecule has 1 amide bonds. The highest BCUT2D eigenvalue weighted by Gasteiger charge is 2.17. The highest BCUT2D eigenvalue weighted by molar-refractivity contribution is 7.92. The number of sulfonamides is 1. The molecule has 0 fully saturated rings. The topological polar surface area (TPSA) is 118 Å². The van der Waals surface area contributed by atoms with Crippen LogP contribution < -0.4 is 10.0 Å². The van der Waals surface area contributed by atoms with Gasteiger partial charge in [-0.3, -0.25) is 19.6 Å².